The number of rotatable bonds is 3. The topological polar surface area (TPSA) is 74.4 Å². The van der Waals surface area contributed by atoms with Crippen molar-refractivity contribution in [3.05, 3.63) is 93.9 Å². The van der Waals surface area contributed by atoms with Gasteiger partial charge in [0.2, 0.25) is 5.56 Å². The van der Waals surface area contributed by atoms with E-state index in [9.17, 15) is 9.59 Å². The molecule has 1 aliphatic heterocycles. The lowest BCUT2D eigenvalue weighted by Gasteiger charge is -2.33. The molecule has 6 nitrogen and oxygen atoms in total. The van der Waals surface area contributed by atoms with Crippen LogP contribution in [0.3, 0.4) is 0 Å². The third-order valence-corrected chi connectivity index (χ3v) is 5.98. The molecule has 1 fully saturated rings. The van der Waals surface area contributed by atoms with Gasteiger partial charge in [-0.25, -0.2) is 4.79 Å². The zero-order valence-corrected chi connectivity index (χ0v) is 16.5. The Kier molecular flexibility index (Phi) is 4.85. The maximum atomic E-state index is 12.8. The number of benzene rings is 2. The Morgan fingerprint density at radius 1 is 1.00 bits per heavy atom. The number of fused-ring (bicyclic) bond motifs is 3. The van der Waals surface area contributed by atoms with Crippen molar-refractivity contribution in [1.29, 1.82) is 0 Å². The van der Waals surface area contributed by atoms with Crippen LogP contribution in [0.1, 0.15) is 28.7 Å². The van der Waals surface area contributed by atoms with E-state index in [4.69, 9.17) is 4.74 Å². The number of carbonyl (C=O) groups excluding carboxylic acids is 1. The second-order valence-corrected chi connectivity index (χ2v) is 7.74. The number of amides is 1. The lowest BCUT2D eigenvalue weighted by atomic mass is 9.98. The molecule has 1 atom stereocenters. The van der Waals surface area contributed by atoms with Gasteiger partial charge in [0, 0.05) is 37.8 Å². The van der Waals surface area contributed by atoms with E-state index in [1.54, 1.807) is 17.2 Å². The number of H-pyrrole nitrogens is 1. The summed E-state index contributed by atoms with van der Waals surface area (Å²) in [5.74, 6) is 0.0549. The Labute approximate surface area is 174 Å². The molecule has 1 amide bonds. The van der Waals surface area contributed by atoms with Gasteiger partial charge in [-0.1, -0.05) is 54.6 Å². The predicted molar refractivity (Wildman–Crippen MR) is 114 cm³/mol. The Balaban J connectivity index is 1.28. The van der Waals surface area contributed by atoms with Crippen LogP contribution >= 0.6 is 0 Å². The first kappa shape index (κ1) is 18.6. The van der Waals surface area contributed by atoms with Gasteiger partial charge in [-0.15, -0.1) is 0 Å². The summed E-state index contributed by atoms with van der Waals surface area (Å²) in [6.45, 7) is 2.09. The minimum atomic E-state index is -0.298. The molecule has 1 aliphatic carbocycles. The summed E-state index contributed by atoms with van der Waals surface area (Å²) in [4.78, 5) is 28.6. The van der Waals surface area contributed by atoms with Crippen LogP contribution in [-0.4, -0.2) is 42.2 Å². The van der Waals surface area contributed by atoms with Gasteiger partial charge in [0.05, 0.1) is 6.04 Å². The molecule has 2 aromatic carbocycles. The van der Waals surface area contributed by atoms with Gasteiger partial charge < -0.3 is 19.9 Å². The van der Waals surface area contributed by atoms with Crippen molar-refractivity contribution in [2.75, 3.05) is 26.2 Å². The Morgan fingerprint density at radius 2 is 1.70 bits per heavy atom. The third kappa shape index (κ3) is 3.39. The predicted octanol–water partition coefficient (Wildman–Crippen LogP) is 3.27. The van der Waals surface area contributed by atoms with Crippen molar-refractivity contribution in [1.82, 2.24) is 15.2 Å². The summed E-state index contributed by atoms with van der Waals surface area (Å²) in [6, 6.07) is 19.9. The maximum Gasteiger partial charge on any atom is 0.409 e. The molecule has 1 aromatic heterocycles. The molecule has 6 heteroatoms. The second-order valence-electron chi connectivity index (χ2n) is 7.74. The maximum absolute atomic E-state index is 12.8. The molecular weight excluding hydrogens is 378 g/mol. The van der Waals surface area contributed by atoms with Crippen molar-refractivity contribution in [2.24, 2.45) is 0 Å². The summed E-state index contributed by atoms with van der Waals surface area (Å²) >= 11 is 0. The minimum Gasteiger partial charge on any atom is -0.448 e. The Bertz CT molecular complexity index is 1070. The summed E-state index contributed by atoms with van der Waals surface area (Å²) < 4.78 is 5.78. The van der Waals surface area contributed by atoms with Crippen LogP contribution in [0, 0.1) is 0 Å². The average Bonchev–Trinajstić information content (AvgIpc) is 3.12. The van der Waals surface area contributed by atoms with Gasteiger partial charge in [-0.3, -0.25) is 4.79 Å². The molecule has 3 aromatic rings. The molecule has 2 N–H and O–H groups in total. The van der Waals surface area contributed by atoms with Gasteiger partial charge in [0.15, 0.2) is 0 Å². The largest absolute Gasteiger partial charge is 0.448 e. The number of hydrogen-bond acceptors (Lipinski definition) is 4. The Morgan fingerprint density at radius 3 is 2.37 bits per heavy atom. The normalized spacial score (nSPS) is 18.0. The van der Waals surface area contributed by atoms with Crippen LogP contribution in [0.5, 0.6) is 0 Å². The molecule has 2 heterocycles. The van der Waals surface area contributed by atoms with Gasteiger partial charge in [-0.05, 0) is 27.8 Å². The number of nitrogens with one attached hydrogen (secondary N) is 2. The van der Waals surface area contributed by atoms with Crippen molar-refractivity contribution in [3.8, 4) is 11.1 Å². The standard InChI is InChI=1S/C24H23N3O3/c28-23-10-9-16(13-26-23)22-14-27(12-11-25-22)24(29)30-15-21-19-7-3-1-5-17(19)18-6-2-4-8-20(18)21/h1-10,13,21-22,25H,11-12,14-15H2,(H,26,28). The summed E-state index contributed by atoms with van der Waals surface area (Å²) in [5.41, 5.74) is 5.66. The molecule has 0 spiro atoms. The monoisotopic (exact) mass is 401 g/mol. The van der Waals surface area contributed by atoms with Crippen LogP contribution < -0.4 is 10.9 Å². The quantitative estimate of drug-likeness (QED) is 0.706. The highest BCUT2D eigenvalue weighted by Crippen LogP contribution is 2.44. The van der Waals surface area contributed by atoms with Gasteiger partial charge in [-0.2, -0.15) is 0 Å². The molecule has 1 unspecified atom stereocenters. The fourth-order valence-electron chi connectivity index (χ4n) is 4.46. The zero-order chi connectivity index (χ0) is 20.5. The lowest BCUT2D eigenvalue weighted by Crippen LogP contribution is -2.48. The summed E-state index contributed by atoms with van der Waals surface area (Å²) in [7, 11) is 0. The fourth-order valence-corrected chi connectivity index (χ4v) is 4.46. The molecule has 0 saturated carbocycles. The number of carbonyl (C=O) groups is 1. The number of aromatic nitrogens is 1. The van der Waals surface area contributed by atoms with Gasteiger partial charge >= 0.3 is 6.09 Å². The lowest BCUT2D eigenvalue weighted by molar-refractivity contribution is 0.0883. The van der Waals surface area contributed by atoms with Gasteiger partial charge in [0.1, 0.15) is 6.61 Å². The van der Waals surface area contributed by atoms with E-state index in [1.165, 1.54) is 28.3 Å². The summed E-state index contributed by atoms with van der Waals surface area (Å²) in [6.07, 6.45) is 1.40. The highest BCUT2D eigenvalue weighted by Gasteiger charge is 2.31. The first-order valence-corrected chi connectivity index (χ1v) is 10.2. The fraction of sp³-hybridized carbons (Fsp3) is 0.250. The highest BCUT2D eigenvalue weighted by molar-refractivity contribution is 5.79. The third-order valence-electron chi connectivity index (χ3n) is 5.98. The molecule has 152 valence electrons. The number of pyridine rings is 1. The van der Waals surface area contributed by atoms with Crippen molar-refractivity contribution in [2.45, 2.75) is 12.0 Å². The first-order valence-electron chi connectivity index (χ1n) is 10.2. The molecular formula is C24H23N3O3. The first-order chi connectivity index (χ1) is 14.7. The SMILES string of the molecule is O=C(OCC1c2ccccc2-c2ccccc21)N1CCNC(c2ccc(=O)[nH]c2)C1. The van der Waals surface area contributed by atoms with Crippen LogP contribution in [0.15, 0.2) is 71.7 Å². The van der Waals surface area contributed by atoms with E-state index in [0.29, 0.717) is 26.2 Å². The number of ether oxygens (including phenoxy) is 1. The van der Waals surface area contributed by atoms with E-state index < -0.39 is 0 Å². The average molecular weight is 401 g/mol. The van der Waals surface area contributed by atoms with E-state index in [0.717, 1.165) is 5.56 Å². The number of aromatic amines is 1. The van der Waals surface area contributed by atoms with Crippen LogP contribution in [0.2, 0.25) is 0 Å². The van der Waals surface area contributed by atoms with E-state index >= 15 is 0 Å². The van der Waals surface area contributed by atoms with E-state index in [1.807, 2.05) is 24.3 Å². The molecule has 30 heavy (non-hydrogen) atoms. The van der Waals surface area contributed by atoms with Crippen molar-refractivity contribution < 1.29 is 9.53 Å². The minimum absolute atomic E-state index is 0.0314. The molecule has 2 aliphatic rings. The van der Waals surface area contributed by atoms with Crippen molar-refractivity contribution >= 4 is 6.09 Å². The van der Waals surface area contributed by atoms with Crippen LogP contribution in [0.25, 0.3) is 11.1 Å². The molecule has 0 radical (unpaired) electrons. The summed E-state index contributed by atoms with van der Waals surface area (Å²) in [5, 5.41) is 3.39. The smallest absolute Gasteiger partial charge is 0.409 e. The highest BCUT2D eigenvalue weighted by atomic mass is 16.6. The van der Waals surface area contributed by atoms with E-state index in [-0.39, 0.29) is 23.6 Å². The zero-order valence-electron chi connectivity index (χ0n) is 16.5. The molecule has 1 saturated heterocycles. The van der Waals surface area contributed by atoms with Gasteiger partial charge in [0.25, 0.3) is 0 Å². The number of hydrogen-bond donors (Lipinski definition) is 2. The van der Waals surface area contributed by atoms with Crippen LogP contribution in [-0.2, 0) is 4.74 Å². The van der Waals surface area contributed by atoms with Crippen molar-refractivity contribution in [3.63, 3.8) is 0 Å². The molecule has 0 bridgehead atoms. The second kappa shape index (κ2) is 7.80. The molecule has 5 rings (SSSR count). The van der Waals surface area contributed by atoms with E-state index in [2.05, 4.69) is 34.6 Å². The Hall–Kier alpha value is -3.38. The number of piperazine rings is 1. The number of nitrogens with zero attached hydrogens (tertiary/aromatic N) is 1. The van der Waals surface area contributed by atoms with Crippen LogP contribution in [0.4, 0.5) is 4.79 Å².